The number of carbonyl (C=O) groups is 1. The second kappa shape index (κ2) is 10.4. The number of halogens is 1. The van der Waals surface area contributed by atoms with Gasteiger partial charge in [-0.05, 0) is 59.4 Å². The summed E-state index contributed by atoms with van der Waals surface area (Å²) in [7, 11) is 3.09. The fraction of sp³-hybridized carbons (Fsp3) is 0.0769. The maximum Gasteiger partial charge on any atom is 0.256 e. The molecule has 0 fully saturated rings. The van der Waals surface area contributed by atoms with E-state index in [9.17, 15) is 4.79 Å². The summed E-state index contributed by atoms with van der Waals surface area (Å²) in [5.74, 6) is 0.874. The van der Waals surface area contributed by atoms with Crippen LogP contribution in [0.15, 0.2) is 78.9 Å². The molecule has 0 aliphatic carbocycles. The van der Waals surface area contributed by atoms with E-state index in [0.717, 1.165) is 16.5 Å². The summed E-state index contributed by atoms with van der Waals surface area (Å²) in [4.78, 5) is 12.8. The zero-order valence-electron chi connectivity index (χ0n) is 18.5. The Labute approximate surface area is 207 Å². The fourth-order valence-corrected chi connectivity index (χ4v) is 3.97. The van der Waals surface area contributed by atoms with Gasteiger partial charge in [-0.15, -0.1) is 0 Å². The maximum absolute atomic E-state index is 12.8. The average molecular weight is 492 g/mol. The molecule has 0 saturated carbocycles. The van der Waals surface area contributed by atoms with Gasteiger partial charge in [-0.3, -0.25) is 4.79 Å². The third-order valence-electron chi connectivity index (χ3n) is 5.16. The molecule has 0 radical (unpaired) electrons. The van der Waals surface area contributed by atoms with E-state index in [4.69, 9.17) is 33.3 Å². The summed E-state index contributed by atoms with van der Waals surface area (Å²) in [5, 5.41) is 11.8. The van der Waals surface area contributed by atoms with Crippen LogP contribution in [0.25, 0.3) is 10.8 Å². The Bertz CT molecular complexity index is 1350. The molecule has 0 atom stereocenters. The largest absolute Gasteiger partial charge is 0.495 e. The minimum absolute atomic E-state index is 0.168. The van der Waals surface area contributed by atoms with Crippen molar-refractivity contribution in [3.63, 3.8) is 0 Å². The number of carbonyl (C=O) groups excluding carboxylic acids is 1. The maximum atomic E-state index is 12.8. The highest BCUT2D eigenvalue weighted by Gasteiger charge is 2.12. The summed E-state index contributed by atoms with van der Waals surface area (Å²) in [6.07, 6.45) is 0. The van der Waals surface area contributed by atoms with Gasteiger partial charge in [-0.1, -0.05) is 48.0 Å². The molecular weight excluding hydrogens is 470 g/mol. The number of nitrogens with one attached hydrogen (secondary N) is 3. The van der Waals surface area contributed by atoms with Crippen molar-refractivity contribution < 1.29 is 14.3 Å². The zero-order valence-corrected chi connectivity index (χ0v) is 20.1. The van der Waals surface area contributed by atoms with Gasteiger partial charge in [0.25, 0.3) is 5.91 Å². The monoisotopic (exact) mass is 491 g/mol. The molecule has 6 nitrogen and oxygen atoms in total. The molecule has 1 amide bonds. The van der Waals surface area contributed by atoms with Crippen LogP contribution in [0.4, 0.5) is 17.1 Å². The number of amides is 1. The zero-order chi connectivity index (χ0) is 24.1. The van der Waals surface area contributed by atoms with Gasteiger partial charge in [0, 0.05) is 23.0 Å². The van der Waals surface area contributed by atoms with Gasteiger partial charge in [0.1, 0.15) is 11.5 Å². The first-order valence-electron chi connectivity index (χ1n) is 10.4. The van der Waals surface area contributed by atoms with Crippen molar-refractivity contribution in [2.24, 2.45) is 0 Å². The molecule has 0 saturated heterocycles. The highest BCUT2D eigenvalue weighted by Crippen LogP contribution is 2.36. The van der Waals surface area contributed by atoms with Crippen LogP contribution in [0.3, 0.4) is 0 Å². The first-order chi connectivity index (χ1) is 16.5. The number of hydrogen-bond donors (Lipinski definition) is 3. The highest BCUT2D eigenvalue weighted by atomic mass is 35.5. The van der Waals surface area contributed by atoms with Crippen molar-refractivity contribution in [3.8, 4) is 11.5 Å². The summed E-state index contributed by atoms with van der Waals surface area (Å²) in [6, 6.07) is 24.1. The smallest absolute Gasteiger partial charge is 0.256 e. The Morgan fingerprint density at radius 1 is 0.794 bits per heavy atom. The lowest BCUT2D eigenvalue weighted by molar-refractivity contribution is 0.102. The Morgan fingerprint density at radius 3 is 2.15 bits per heavy atom. The van der Waals surface area contributed by atoms with E-state index in [1.807, 2.05) is 54.6 Å². The van der Waals surface area contributed by atoms with Crippen molar-refractivity contribution >= 4 is 62.7 Å². The van der Waals surface area contributed by atoms with Crippen molar-refractivity contribution in [3.05, 3.63) is 89.4 Å². The lowest BCUT2D eigenvalue weighted by Gasteiger charge is -2.15. The summed E-state index contributed by atoms with van der Waals surface area (Å²) >= 11 is 11.6. The van der Waals surface area contributed by atoms with Gasteiger partial charge in [0.2, 0.25) is 0 Å². The van der Waals surface area contributed by atoms with Crippen LogP contribution in [-0.4, -0.2) is 25.2 Å². The summed E-state index contributed by atoms with van der Waals surface area (Å²) < 4.78 is 10.6. The third-order valence-corrected chi connectivity index (χ3v) is 5.66. The average Bonchev–Trinajstić information content (AvgIpc) is 2.85. The number of methoxy groups -OCH3 is 2. The molecule has 0 aliphatic rings. The van der Waals surface area contributed by atoms with E-state index < -0.39 is 0 Å². The standard InChI is InChI=1S/C26H22ClN3O3S/c1-32-23-15-24(33-2)22(14-21(23)27)30-26(34)29-18-12-10-17(11-13-18)28-25(31)20-9-5-7-16-6-3-4-8-19(16)20/h3-15H,1-2H3,(H,28,31)(H2,29,30,34). The first kappa shape index (κ1) is 23.4. The molecule has 8 heteroatoms. The Balaban J connectivity index is 1.41. The summed E-state index contributed by atoms with van der Waals surface area (Å²) in [5.41, 5.74) is 2.65. The van der Waals surface area contributed by atoms with E-state index in [0.29, 0.717) is 38.6 Å². The number of ether oxygens (including phenoxy) is 2. The van der Waals surface area contributed by atoms with Crippen molar-refractivity contribution in [2.75, 3.05) is 30.2 Å². The topological polar surface area (TPSA) is 71.6 Å². The van der Waals surface area contributed by atoms with Gasteiger partial charge in [-0.25, -0.2) is 0 Å². The van der Waals surface area contributed by atoms with Crippen LogP contribution >= 0.6 is 23.8 Å². The van der Waals surface area contributed by atoms with Crippen LogP contribution in [0.2, 0.25) is 5.02 Å². The molecule has 0 aliphatic heterocycles. The van der Waals surface area contributed by atoms with Gasteiger partial charge in [0.05, 0.1) is 24.9 Å². The van der Waals surface area contributed by atoms with E-state index in [-0.39, 0.29) is 5.91 Å². The molecule has 172 valence electrons. The predicted octanol–water partition coefficient (Wildman–Crippen LogP) is 6.57. The minimum Gasteiger partial charge on any atom is -0.495 e. The third kappa shape index (κ3) is 5.22. The quantitative estimate of drug-likeness (QED) is 0.265. The Hall–Kier alpha value is -3.81. The van der Waals surface area contributed by atoms with Crippen LogP contribution in [0.1, 0.15) is 10.4 Å². The van der Waals surface area contributed by atoms with Crippen LogP contribution < -0.4 is 25.4 Å². The first-order valence-corrected chi connectivity index (χ1v) is 11.2. The van der Waals surface area contributed by atoms with E-state index in [1.165, 1.54) is 7.11 Å². The minimum atomic E-state index is -0.168. The van der Waals surface area contributed by atoms with Gasteiger partial charge < -0.3 is 25.4 Å². The Kier molecular flexibility index (Phi) is 7.15. The van der Waals surface area contributed by atoms with E-state index >= 15 is 0 Å². The van der Waals surface area contributed by atoms with Crippen molar-refractivity contribution in [1.29, 1.82) is 0 Å². The Morgan fingerprint density at radius 2 is 1.44 bits per heavy atom. The lowest BCUT2D eigenvalue weighted by Crippen LogP contribution is -2.19. The molecule has 34 heavy (non-hydrogen) atoms. The molecular formula is C26H22ClN3O3S. The van der Waals surface area contributed by atoms with Crippen LogP contribution in [0.5, 0.6) is 11.5 Å². The number of fused-ring (bicyclic) bond motifs is 1. The van der Waals surface area contributed by atoms with Gasteiger partial charge in [0.15, 0.2) is 5.11 Å². The number of anilines is 3. The fourth-order valence-electron chi connectivity index (χ4n) is 3.50. The molecule has 4 aromatic rings. The summed E-state index contributed by atoms with van der Waals surface area (Å²) in [6.45, 7) is 0. The molecule has 0 unspecified atom stereocenters. The van der Waals surface area contributed by atoms with Crippen molar-refractivity contribution in [1.82, 2.24) is 0 Å². The van der Waals surface area contributed by atoms with Crippen molar-refractivity contribution in [2.45, 2.75) is 0 Å². The van der Waals surface area contributed by atoms with E-state index in [1.54, 1.807) is 31.4 Å². The second-order valence-electron chi connectivity index (χ2n) is 7.32. The molecule has 3 N–H and O–H groups in total. The molecule has 0 heterocycles. The molecule has 4 aromatic carbocycles. The lowest BCUT2D eigenvalue weighted by atomic mass is 10.0. The number of rotatable bonds is 6. The molecule has 0 spiro atoms. The highest BCUT2D eigenvalue weighted by molar-refractivity contribution is 7.80. The van der Waals surface area contributed by atoms with Crippen LogP contribution in [-0.2, 0) is 0 Å². The predicted molar refractivity (Wildman–Crippen MR) is 143 cm³/mol. The van der Waals surface area contributed by atoms with Gasteiger partial charge in [-0.2, -0.15) is 0 Å². The van der Waals surface area contributed by atoms with E-state index in [2.05, 4.69) is 16.0 Å². The molecule has 0 aromatic heterocycles. The van der Waals surface area contributed by atoms with Gasteiger partial charge >= 0.3 is 0 Å². The number of hydrogen-bond acceptors (Lipinski definition) is 4. The normalized spacial score (nSPS) is 10.4. The number of thiocarbonyl (C=S) groups is 1. The molecule has 0 bridgehead atoms. The number of benzene rings is 4. The second-order valence-corrected chi connectivity index (χ2v) is 8.14. The molecule has 4 rings (SSSR count). The SMILES string of the molecule is COc1cc(OC)c(NC(=S)Nc2ccc(NC(=O)c3cccc4ccccc34)cc2)cc1Cl. The van der Waals surface area contributed by atoms with Crippen LogP contribution in [0, 0.1) is 0 Å².